The zero-order chi connectivity index (χ0) is 12.4. The largest absolute Gasteiger partial charge is 0.456 e. The van der Waals surface area contributed by atoms with Gasteiger partial charge in [-0.05, 0) is 0 Å². The molecular formula is C10H17F2NO3. The normalized spacial score (nSPS) is 24.6. The van der Waals surface area contributed by atoms with Crippen LogP contribution in [0.15, 0.2) is 0 Å². The molecule has 2 N–H and O–H groups in total. The van der Waals surface area contributed by atoms with E-state index in [9.17, 15) is 13.6 Å². The average Bonchev–Trinajstić information content (AvgIpc) is 2.40. The number of alkyl halides is 2. The lowest BCUT2D eigenvalue weighted by molar-refractivity contribution is -0.159. The Morgan fingerprint density at radius 2 is 2.25 bits per heavy atom. The number of esters is 1. The maximum absolute atomic E-state index is 12.8. The zero-order valence-corrected chi connectivity index (χ0v) is 9.43. The number of nitrogens with one attached hydrogen (secondary N) is 1. The molecule has 0 aromatic carbocycles. The van der Waals surface area contributed by atoms with Crippen LogP contribution in [-0.4, -0.2) is 42.8 Å². The van der Waals surface area contributed by atoms with E-state index in [1.807, 2.05) is 13.8 Å². The SMILES string of the molecule is CC(C)(CO)CNCC1CC(F)(F)C(=O)O1. The highest BCUT2D eigenvalue weighted by Gasteiger charge is 2.50. The van der Waals surface area contributed by atoms with Crippen molar-refractivity contribution in [3.05, 3.63) is 0 Å². The van der Waals surface area contributed by atoms with Gasteiger partial charge in [-0.3, -0.25) is 0 Å². The van der Waals surface area contributed by atoms with Gasteiger partial charge in [0.05, 0.1) is 6.42 Å². The van der Waals surface area contributed by atoms with E-state index in [2.05, 4.69) is 10.1 Å². The van der Waals surface area contributed by atoms with Gasteiger partial charge in [0, 0.05) is 25.1 Å². The van der Waals surface area contributed by atoms with Gasteiger partial charge in [0.15, 0.2) is 0 Å². The van der Waals surface area contributed by atoms with Crippen molar-refractivity contribution in [1.29, 1.82) is 0 Å². The van der Waals surface area contributed by atoms with E-state index >= 15 is 0 Å². The van der Waals surface area contributed by atoms with Crippen LogP contribution in [0.2, 0.25) is 0 Å². The van der Waals surface area contributed by atoms with Crippen molar-refractivity contribution in [2.24, 2.45) is 5.41 Å². The molecule has 4 nitrogen and oxygen atoms in total. The van der Waals surface area contributed by atoms with Crippen molar-refractivity contribution in [2.75, 3.05) is 19.7 Å². The number of carbonyl (C=O) groups excluding carboxylic acids is 1. The zero-order valence-electron chi connectivity index (χ0n) is 9.43. The minimum atomic E-state index is -3.35. The molecule has 0 amide bonds. The number of rotatable bonds is 5. The summed E-state index contributed by atoms with van der Waals surface area (Å²) in [7, 11) is 0. The Morgan fingerprint density at radius 1 is 1.62 bits per heavy atom. The lowest BCUT2D eigenvalue weighted by Crippen LogP contribution is -2.36. The van der Waals surface area contributed by atoms with Crippen molar-refractivity contribution in [2.45, 2.75) is 32.3 Å². The highest BCUT2D eigenvalue weighted by atomic mass is 19.3. The molecule has 1 atom stereocenters. The third-order valence-corrected chi connectivity index (χ3v) is 2.46. The van der Waals surface area contributed by atoms with E-state index in [1.165, 1.54) is 0 Å². The van der Waals surface area contributed by atoms with Gasteiger partial charge in [0.2, 0.25) is 0 Å². The Kier molecular flexibility index (Phi) is 3.85. The molecule has 1 rings (SSSR count). The van der Waals surface area contributed by atoms with Crippen LogP contribution >= 0.6 is 0 Å². The Morgan fingerprint density at radius 3 is 2.69 bits per heavy atom. The Balaban J connectivity index is 2.29. The van der Waals surface area contributed by atoms with Crippen LogP contribution in [0, 0.1) is 5.41 Å². The van der Waals surface area contributed by atoms with E-state index in [4.69, 9.17) is 5.11 Å². The molecule has 0 aromatic heterocycles. The molecule has 16 heavy (non-hydrogen) atoms. The molecule has 1 saturated heterocycles. The maximum Gasteiger partial charge on any atom is 0.377 e. The number of halogens is 2. The minimum absolute atomic E-state index is 0.000609. The van der Waals surface area contributed by atoms with Crippen molar-refractivity contribution >= 4 is 5.97 Å². The van der Waals surface area contributed by atoms with E-state index in [1.54, 1.807) is 0 Å². The van der Waals surface area contributed by atoms with Gasteiger partial charge in [0.25, 0.3) is 0 Å². The molecule has 0 aliphatic carbocycles. The van der Waals surface area contributed by atoms with Crippen LogP contribution < -0.4 is 5.32 Å². The number of aliphatic hydroxyl groups excluding tert-OH is 1. The molecule has 0 radical (unpaired) electrons. The van der Waals surface area contributed by atoms with Gasteiger partial charge in [-0.25, -0.2) is 4.79 Å². The number of ether oxygens (including phenoxy) is 1. The number of hydrogen-bond donors (Lipinski definition) is 2. The summed E-state index contributed by atoms with van der Waals surface area (Å²) < 4.78 is 30.1. The summed E-state index contributed by atoms with van der Waals surface area (Å²) in [6.45, 7) is 4.35. The first kappa shape index (κ1) is 13.3. The summed E-state index contributed by atoms with van der Waals surface area (Å²) >= 11 is 0. The topological polar surface area (TPSA) is 58.6 Å². The Bertz CT molecular complexity index is 269. The molecule has 0 spiro atoms. The minimum Gasteiger partial charge on any atom is -0.456 e. The fourth-order valence-electron chi connectivity index (χ4n) is 1.39. The van der Waals surface area contributed by atoms with Gasteiger partial charge < -0.3 is 15.2 Å². The van der Waals surface area contributed by atoms with Crippen LogP contribution in [0.1, 0.15) is 20.3 Å². The summed E-state index contributed by atoms with van der Waals surface area (Å²) in [6, 6.07) is 0. The highest BCUT2D eigenvalue weighted by Crippen LogP contribution is 2.30. The van der Waals surface area contributed by atoms with Crippen molar-refractivity contribution in [3.8, 4) is 0 Å². The molecule has 0 aromatic rings. The van der Waals surface area contributed by atoms with Crippen LogP contribution in [0.25, 0.3) is 0 Å². The first-order valence-corrected chi connectivity index (χ1v) is 5.17. The fourth-order valence-corrected chi connectivity index (χ4v) is 1.39. The summed E-state index contributed by atoms with van der Waals surface area (Å²) in [5, 5.41) is 11.9. The van der Waals surface area contributed by atoms with Crippen LogP contribution in [-0.2, 0) is 9.53 Å². The van der Waals surface area contributed by atoms with Crippen LogP contribution in [0.4, 0.5) is 8.78 Å². The van der Waals surface area contributed by atoms with Gasteiger partial charge in [-0.1, -0.05) is 13.8 Å². The Labute approximate surface area is 93.0 Å². The first-order valence-electron chi connectivity index (χ1n) is 5.17. The number of aliphatic hydroxyl groups is 1. The molecule has 0 saturated carbocycles. The second-order valence-electron chi connectivity index (χ2n) is 4.89. The highest BCUT2D eigenvalue weighted by molar-refractivity contribution is 5.79. The van der Waals surface area contributed by atoms with Crippen LogP contribution in [0.5, 0.6) is 0 Å². The molecular weight excluding hydrogens is 220 g/mol. The lowest BCUT2D eigenvalue weighted by Gasteiger charge is -2.22. The van der Waals surface area contributed by atoms with Crippen LogP contribution in [0.3, 0.4) is 0 Å². The predicted octanol–water partition coefficient (Wildman–Crippen LogP) is 0.545. The standard InChI is InChI=1S/C10H17F2NO3/c1-9(2,6-14)5-13-4-7-3-10(11,12)8(15)16-7/h7,13-14H,3-6H2,1-2H3. The molecule has 1 aliphatic heterocycles. The van der Waals surface area contributed by atoms with Crippen molar-refractivity contribution in [1.82, 2.24) is 5.32 Å². The average molecular weight is 237 g/mol. The molecule has 1 fully saturated rings. The maximum atomic E-state index is 12.8. The molecule has 1 heterocycles. The number of carbonyl (C=O) groups is 1. The molecule has 6 heteroatoms. The summed E-state index contributed by atoms with van der Waals surface area (Å²) in [6.07, 6.45) is -1.35. The fraction of sp³-hybridized carbons (Fsp3) is 0.900. The number of hydrogen-bond acceptors (Lipinski definition) is 4. The lowest BCUT2D eigenvalue weighted by atomic mass is 9.95. The van der Waals surface area contributed by atoms with E-state index in [0.717, 1.165) is 0 Å². The monoisotopic (exact) mass is 237 g/mol. The predicted molar refractivity (Wildman–Crippen MR) is 53.2 cm³/mol. The number of cyclic esters (lactones) is 1. The molecule has 94 valence electrons. The van der Waals surface area contributed by atoms with E-state index < -0.39 is 24.4 Å². The van der Waals surface area contributed by atoms with Gasteiger partial charge in [-0.2, -0.15) is 8.78 Å². The summed E-state index contributed by atoms with van der Waals surface area (Å²) in [5.41, 5.74) is -0.314. The third kappa shape index (κ3) is 3.38. The van der Waals surface area contributed by atoms with Gasteiger partial charge in [0.1, 0.15) is 6.10 Å². The molecule has 0 bridgehead atoms. The molecule has 1 unspecified atom stereocenters. The van der Waals surface area contributed by atoms with E-state index in [-0.39, 0.29) is 18.6 Å². The Hall–Kier alpha value is -0.750. The second kappa shape index (κ2) is 4.63. The second-order valence-corrected chi connectivity index (χ2v) is 4.89. The quantitative estimate of drug-likeness (QED) is 0.685. The third-order valence-electron chi connectivity index (χ3n) is 2.46. The molecule has 1 aliphatic rings. The van der Waals surface area contributed by atoms with Crippen molar-refractivity contribution in [3.63, 3.8) is 0 Å². The van der Waals surface area contributed by atoms with Gasteiger partial charge >= 0.3 is 11.9 Å². The smallest absolute Gasteiger partial charge is 0.377 e. The summed E-state index contributed by atoms with van der Waals surface area (Å²) in [4.78, 5) is 10.7. The first-order chi connectivity index (χ1) is 7.27. The van der Waals surface area contributed by atoms with Gasteiger partial charge in [-0.15, -0.1) is 0 Å². The van der Waals surface area contributed by atoms with Crippen molar-refractivity contribution < 1.29 is 23.4 Å². The van der Waals surface area contributed by atoms with E-state index in [0.29, 0.717) is 6.54 Å². The summed E-state index contributed by atoms with van der Waals surface area (Å²) in [5.74, 6) is -4.79.